The lowest BCUT2D eigenvalue weighted by molar-refractivity contribution is 0.520. The van der Waals surface area contributed by atoms with E-state index in [2.05, 4.69) is 13.8 Å². The molecule has 1 atom stereocenters. The molecule has 0 fully saturated rings. The molecule has 0 nitrogen and oxygen atoms in total. The first-order valence-electron chi connectivity index (χ1n) is 14.0. The summed E-state index contributed by atoms with van der Waals surface area (Å²) in [6.45, 7) is 4.60. The summed E-state index contributed by atoms with van der Waals surface area (Å²) in [7, 11) is 0. The Morgan fingerprint density at radius 1 is 0.345 bits per heavy atom. The fourth-order valence-corrected chi connectivity index (χ4v) is 4.77. The minimum absolute atomic E-state index is 0.664. The van der Waals surface area contributed by atoms with E-state index < -0.39 is 0 Å². The summed E-state index contributed by atoms with van der Waals surface area (Å²) < 4.78 is 0. The van der Waals surface area contributed by atoms with Crippen molar-refractivity contribution >= 4 is 12.6 Å². The van der Waals surface area contributed by atoms with Gasteiger partial charge in [-0.05, 0) is 12.8 Å². The summed E-state index contributed by atoms with van der Waals surface area (Å²) in [5.41, 5.74) is 0. The predicted octanol–water partition coefficient (Wildman–Crippen LogP) is 11.1. The molecular weight excluding hydrogens is 368 g/mol. The Bertz CT molecular complexity index is 275. The molecule has 0 radical (unpaired) electrons. The fraction of sp³-hybridized carbons (Fsp3) is 1.00. The van der Waals surface area contributed by atoms with Gasteiger partial charge in [0.05, 0.1) is 0 Å². The molecule has 0 amide bonds. The molecule has 176 valence electrons. The Balaban J connectivity index is 3.12. The second kappa shape index (κ2) is 26.4. The maximum atomic E-state index is 4.83. The topological polar surface area (TPSA) is 0 Å². The van der Waals surface area contributed by atoms with Crippen LogP contribution in [0.2, 0.25) is 0 Å². The highest BCUT2D eigenvalue weighted by atomic mass is 32.1. The van der Waals surface area contributed by atoms with E-state index in [4.69, 9.17) is 12.6 Å². The van der Waals surface area contributed by atoms with Gasteiger partial charge in [0.1, 0.15) is 0 Å². The zero-order valence-electron chi connectivity index (χ0n) is 20.7. The Morgan fingerprint density at radius 2 is 0.552 bits per heavy atom. The van der Waals surface area contributed by atoms with Gasteiger partial charge in [0.25, 0.3) is 0 Å². The van der Waals surface area contributed by atoms with Gasteiger partial charge in [0.15, 0.2) is 0 Å². The Hall–Kier alpha value is 0.350. The minimum atomic E-state index is 0.664. The first kappa shape index (κ1) is 29.4. The maximum Gasteiger partial charge on any atom is 0.00168 e. The van der Waals surface area contributed by atoms with Gasteiger partial charge in [-0.15, -0.1) is 0 Å². The molecule has 1 heteroatoms. The normalized spacial score (nSPS) is 12.5. The van der Waals surface area contributed by atoms with Crippen molar-refractivity contribution in [2.75, 3.05) is 0 Å². The summed E-state index contributed by atoms with van der Waals surface area (Å²) in [4.78, 5) is 0. The van der Waals surface area contributed by atoms with E-state index in [1.54, 1.807) is 0 Å². The molecule has 0 heterocycles. The van der Waals surface area contributed by atoms with E-state index in [9.17, 15) is 0 Å². The molecule has 29 heavy (non-hydrogen) atoms. The minimum Gasteiger partial charge on any atom is -0.176 e. The van der Waals surface area contributed by atoms with Gasteiger partial charge in [-0.3, -0.25) is 0 Å². The second-order valence-electron chi connectivity index (χ2n) is 9.66. The van der Waals surface area contributed by atoms with Crippen molar-refractivity contribution in [3.8, 4) is 0 Å². The Morgan fingerprint density at radius 3 is 0.793 bits per heavy atom. The lowest BCUT2D eigenvalue weighted by atomic mass is 10.0. The lowest BCUT2D eigenvalue weighted by Gasteiger charge is -2.10. The number of hydrogen-bond donors (Lipinski definition) is 1. The molecule has 0 aliphatic carbocycles. The van der Waals surface area contributed by atoms with Crippen LogP contribution in [0.25, 0.3) is 0 Å². The zero-order chi connectivity index (χ0) is 21.3. The van der Waals surface area contributed by atoms with E-state index in [0.29, 0.717) is 5.25 Å². The molecule has 0 aliphatic heterocycles. The average Bonchev–Trinajstić information content (AvgIpc) is 2.72. The van der Waals surface area contributed by atoms with Crippen LogP contribution in [0.5, 0.6) is 0 Å². The van der Waals surface area contributed by atoms with Crippen LogP contribution in [0.1, 0.15) is 174 Å². The average molecular weight is 427 g/mol. The molecule has 1 unspecified atom stereocenters. The van der Waals surface area contributed by atoms with Crippen LogP contribution >= 0.6 is 12.6 Å². The third kappa shape index (κ3) is 26.3. The van der Waals surface area contributed by atoms with Gasteiger partial charge >= 0.3 is 0 Å². The fourth-order valence-electron chi connectivity index (χ4n) is 4.41. The van der Waals surface area contributed by atoms with Crippen molar-refractivity contribution in [2.24, 2.45) is 0 Å². The molecule has 0 saturated heterocycles. The number of thiol groups is 1. The van der Waals surface area contributed by atoms with Crippen molar-refractivity contribution in [2.45, 2.75) is 180 Å². The summed E-state index contributed by atoms with van der Waals surface area (Å²) in [6, 6.07) is 0. The standard InChI is InChI=1S/C28H58S/c1-3-5-7-9-11-13-14-15-16-17-19-21-23-25-27-28(29)26-24-22-20-18-12-10-8-6-4-2/h28-29H,3-27H2,1-2H3. The monoisotopic (exact) mass is 426 g/mol. The quantitative estimate of drug-likeness (QED) is 0.109. The second-order valence-corrected chi connectivity index (χ2v) is 10.4. The predicted molar refractivity (Wildman–Crippen MR) is 140 cm³/mol. The van der Waals surface area contributed by atoms with Crippen LogP contribution in [0, 0.1) is 0 Å². The van der Waals surface area contributed by atoms with E-state index >= 15 is 0 Å². The molecule has 0 N–H and O–H groups in total. The number of rotatable bonds is 25. The molecule has 0 aromatic heterocycles. The van der Waals surface area contributed by atoms with Gasteiger partial charge in [0, 0.05) is 5.25 Å². The van der Waals surface area contributed by atoms with E-state index in [0.717, 1.165) is 0 Å². The molecule has 0 aliphatic rings. The molecular formula is C28H58S. The Labute approximate surface area is 192 Å². The molecule has 0 spiro atoms. The molecule has 0 rings (SSSR count). The molecule has 0 bridgehead atoms. The summed E-state index contributed by atoms with van der Waals surface area (Å²) in [5, 5.41) is 0.664. The molecule has 0 aromatic rings. The highest BCUT2D eigenvalue weighted by molar-refractivity contribution is 7.80. The van der Waals surface area contributed by atoms with E-state index in [1.165, 1.54) is 161 Å². The van der Waals surface area contributed by atoms with Crippen LogP contribution in [-0.4, -0.2) is 5.25 Å². The highest BCUT2D eigenvalue weighted by Crippen LogP contribution is 2.18. The number of hydrogen-bond acceptors (Lipinski definition) is 1. The van der Waals surface area contributed by atoms with Gasteiger partial charge in [-0.2, -0.15) is 12.6 Å². The van der Waals surface area contributed by atoms with E-state index in [-0.39, 0.29) is 0 Å². The first-order chi connectivity index (χ1) is 14.3. The van der Waals surface area contributed by atoms with Crippen LogP contribution in [-0.2, 0) is 0 Å². The summed E-state index contributed by atoms with van der Waals surface area (Å²) in [5.74, 6) is 0. The summed E-state index contributed by atoms with van der Waals surface area (Å²) >= 11 is 4.83. The van der Waals surface area contributed by atoms with Crippen molar-refractivity contribution in [1.82, 2.24) is 0 Å². The Kier molecular flexibility index (Phi) is 26.7. The van der Waals surface area contributed by atoms with Crippen LogP contribution in [0.15, 0.2) is 0 Å². The summed E-state index contributed by atoms with van der Waals surface area (Å²) in [6.07, 6.45) is 36.0. The van der Waals surface area contributed by atoms with Crippen molar-refractivity contribution in [3.05, 3.63) is 0 Å². The zero-order valence-corrected chi connectivity index (χ0v) is 21.6. The first-order valence-corrected chi connectivity index (χ1v) is 14.5. The molecule has 0 aromatic carbocycles. The van der Waals surface area contributed by atoms with E-state index in [1.807, 2.05) is 0 Å². The third-order valence-corrected chi connectivity index (χ3v) is 7.05. The van der Waals surface area contributed by atoms with Crippen LogP contribution in [0.3, 0.4) is 0 Å². The SMILES string of the molecule is CCCCCCCCCCCCCCCCC(S)CCCCCCCCCCC. The number of unbranched alkanes of at least 4 members (excludes halogenated alkanes) is 21. The lowest BCUT2D eigenvalue weighted by Crippen LogP contribution is -1.98. The van der Waals surface area contributed by atoms with Crippen molar-refractivity contribution < 1.29 is 0 Å². The third-order valence-electron chi connectivity index (χ3n) is 6.53. The highest BCUT2D eigenvalue weighted by Gasteiger charge is 2.03. The van der Waals surface area contributed by atoms with Gasteiger partial charge in [-0.25, -0.2) is 0 Å². The maximum absolute atomic E-state index is 4.83. The van der Waals surface area contributed by atoms with Crippen LogP contribution in [0.4, 0.5) is 0 Å². The van der Waals surface area contributed by atoms with Gasteiger partial charge in [0.2, 0.25) is 0 Å². The van der Waals surface area contributed by atoms with Gasteiger partial charge in [-0.1, -0.05) is 162 Å². The smallest absolute Gasteiger partial charge is 0.00168 e. The van der Waals surface area contributed by atoms with Crippen molar-refractivity contribution in [1.29, 1.82) is 0 Å². The largest absolute Gasteiger partial charge is 0.176 e. The van der Waals surface area contributed by atoms with Gasteiger partial charge < -0.3 is 0 Å². The molecule has 0 saturated carbocycles. The van der Waals surface area contributed by atoms with Crippen LogP contribution < -0.4 is 0 Å². The van der Waals surface area contributed by atoms with Crippen molar-refractivity contribution in [3.63, 3.8) is 0 Å².